The van der Waals surface area contributed by atoms with Gasteiger partial charge in [-0.15, -0.1) is 0 Å². The van der Waals surface area contributed by atoms with Gasteiger partial charge in [0.15, 0.2) is 0 Å². The molecule has 3 heteroatoms. The van der Waals surface area contributed by atoms with E-state index in [1.54, 1.807) is 6.07 Å². The van der Waals surface area contributed by atoms with Crippen LogP contribution in [0.4, 0.5) is 4.39 Å². The highest BCUT2D eigenvalue weighted by molar-refractivity contribution is 5.95. The second-order valence-electron chi connectivity index (χ2n) is 4.95. The topological polar surface area (TPSA) is 29.1 Å². The first-order valence-electron chi connectivity index (χ1n) is 6.66. The van der Waals surface area contributed by atoms with Gasteiger partial charge in [0.1, 0.15) is 5.82 Å². The molecular formula is C17H18FNO. The lowest BCUT2D eigenvalue weighted by Crippen LogP contribution is -2.26. The summed E-state index contributed by atoms with van der Waals surface area (Å²) in [4.78, 5) is 12.1. The number of aryl methyl sites for hydroxylation is 2. The van der Waals surface area contributed by atoms with E-state index in [0.717, 1.165) is 16.7 Å². The first kappa shape index (κ1) is 14.3. The summed E-state index contributed by atoms with van der Waals surface area (Å²) >= 11 is 0. The van der Waals surface area contributed by atoms with Crippen molar-refractivity contribution < 1.29 is 9.18 Å². The predicted molar refractivity (Wildman–Crippen MR) is 78.4 cm³/mol. The number of halogens is 1. The molecule has 0 aromatic heterocycles. The molecule has 0 fully saturated rings. The molecule has 1 N–H and O–H groups in total. The Morgan fingerprint density at radius 2 is 1.95 bits per heavy atom. The summed E-state index contributed by atoms with van der Waals surface area (Å²) < 4.78 is 13.0. The Bertz CT molecular complexity index is 622. The number of amides is 1. The van der Waals surface area contributed by atoms with Crippen LogP contribution < -0.4 is 5.32 Å². The minimum absolute atomic E-state index is 0.0809. The quantitative estimate of drug-likeness (QED) is 0.907. The largest absolute Gasteiger partial charge is 0.352 e. The van der Waals surface area contributed by atoms with Crippen LogP contribution in [0.3, 0.4) is 0 Å². The van der Waals surface area contributed by atoms with Gasteiger partial charge in [-0.3, -0.25) is 4.79 Å². The standard InChI is InChI=1S/C17H18FNO/c1-12-6-7-13(2)16(10-12)17(20)19-9-8-14-4-3-5-15(18)11-14/h3-7,10-11H,8-9H2,1-2H3,(H,19,20). The van der Waals surface area contributed by atoms with E-state index in [0.29, 0.717) is 18.5 Å². The summed E-state index contributed by atoms with van der Waals surface area (Å²) in [5.41, 5.74) is 3.60. The van der Waals surface area contributed by atoms with Crippen LogP contribution in [0.2, 0.25) is 0 Å². The van der Waals surface area contributed by atoms with Gasteiger partial charge >= 0.3 is 0 Å². The van der Waals surface area contributed by atoms with E-state index in [1.165, 1.54) is 12.1 Å². The molecule has 2 aromatic carbocycles. The normalized spacial score (nSPS) is 10.3. The molecule has 20 heavy (non-hydrogen) atoms. The van der Waals surface area contributed by atoms with E-state index in [4.69, 9.17) is 0 Å². The molecule has 2 rings (SSSR count). The molecule has 0 spiro atoms. The van der Waals surface area contributed by atoms with E-state index >= 15 is 0 Å². The third-order valence-corrected chi connectivity index (χ3v) is 3.23. The molecule has 2 aromatic rings. The molecule has 0 radical (unpaired) electrons. The van der Waals surface area contributed by atoms with E-state index in [2.05, 4.69) is 5.32 Å². The van der Waals surface area contributed by atoms with Crippen molar-refractivity contribution in [2.45, 2.75) is 20.3 Å². The van der Waals surface area contributed by atoms with Crippen LogP contribution >= 0.6 is 0 Å². The highest BCUT2D eigenvalue weighted by Gasteiger charge is 2.08. The molecule has 1 amide bonds. The van der Waals surface area contributed by atoms with Gasteiger partial charge in [0.25, 0.3) is 5.91 Å². The van der Waals surface area contributed by atoms with Crippen LogP contribution in [0.1, 0.15) is 27.0 Å². The molecule has 0 atom stereocenters. The summed E-state index contributed by atoms with van der Waals surface area (Å²) in [6, 6.07) is 12.2. The van der Waals surface area contributed by atoms with Gasteiger partial charge in [0, 0.05) is 12.1 Å². The van der Waals surface area contributed by atoms with Crippen molar-refractivity contribution in [2.75, 3.05) is 6.54 Å². The maximum atomic E-state index is 13.0. The van der Waals surface area contributed by atoms with Crippen LogP contribution in [0.5, 0.6) is 0 Å². The second kappa shape index (κ2) is 6.33. The maximum absolute atomic E-state index is 13.0. The van der Waals surface area contributed by atoms with Crippen molar-refractivity contribution >= 4 is 5.91 Å². The molecule has 0 bridgehead atoms. The zero-order valence-electron chi connectivity index (χ0n) is 11.7. The van der Waals surface area contributed by atoms with Crippen LogP contribution in [0.25, 0.3) is 0 Å². The number of carbonyl (C=O) groups excluding carboxylic acids is 1. The fourth-order valence-electron chi connectivity index (χ4n) is 2.09. The van der Waals surface area contributed by atoms with E-state index in [1.807, 2.05) is 38.1 Å². The van der Waals surface area contributed by atoms with Crippen LogP contribution in [-0.4, -0.2) is 12.5 Å². The van der Waals surface area contributed by atoms with Crippen molar-refractivity contribution in [1.82, 2.24) is 5.32 Å². The van der Waals surface area contributed by atoms with Crippen molar-refractivity contribution in [3.8, 4) is 0 Å². The molecular weight excluding hydrogens is 253 g/mol. The monoisotopic (exact) mass is 271 g/mol. The molecule has 0 aliphatic rings. The molecule has 0 aliphatic carbocycles. The Morgan fingerprint density at radius 3 is 2.70 bits per heavy atom. The van der Waals surface area contributed by atoms with Crippen LogP contribution in [0.15, 0.2) is 42.5 Å². The van der Waals surface area contributed by atoms with Gasteiger partial charge in [-0.25, -0.2) is 4.39 Å². The number of hydrogen-bond donors (Lipinski definition) is 1. The van der Waals surface area contributed by atoms with Gasteiger partial charge < -0.3 is 5.32 Å². The highest BCUT2D eigenvalue weighted by Crippen LogP contribution is 2.10. The van der Waals surface area contributed by atoms with Gasteiger partial charge in [-0.1, -0.05) is 29.8 Å². The molecule has 2 nitrogen and oxygen atoms in total. The Kier molecular flexibility index (Phi) is 4.51. The highest BCUT2D eigenvalue weighted by atomic mass is 19.1. The molecule has 0 saturated carbocycles. The maximum Gasteiger partial charge on any atom is 0.251 e. The van der Waals surface area contributed by atoms with Crippen molar-refractivity contribution in [2.24, 2.45) is 0 Å². The number of carbonyl (C=O) groups is 1. The second-order valence-corrected chi connectivity index (χ2v) is 4.95. The van der Waals surface area contributed by atoms with Crippen molar-refractivity contribution in [3.05, 3.63) is 70.5 Å². The lowest BCUT2D eigenvalue weighted by Gasteiger charge is -2.08. The Balaban J connectivity index is 1.94. The third-order valence-electron chi connectivity index (χ3n) is 3.23. The Morgan fingerprint density at radius 1 is 1.15 bits per heavy atom. The summed E-state index contributed by atoms with van der Waals surface area (Å²) in [6.45, 7) is 4.37. The number of rotatable bonds is 4. The number of nitrogens with one attached hydrogen (secondary N) is 1. The first-order valence-corrected chi connectivity index (χ1v) is 6.66. The minimum atomic E-state index is -0.247. The summed E-state index contributed by atoms with van der Waals surface area (Å²) in [5.74, 6) is -0.328. The molecule has 0 saturated heterocycles. The van der Waals surface area contributed by atoms with Gasteiger partial charge in [0.2, 0.25) is 0 Å². The van der Waals surface area contributed by atoms with Crippen LogP contribution in [-0.2, 0) is 6.42 Å². The lowest BCUT2D eigenvalue weighted by atomic mass is 10.0. The van der Waals surface area contributed by atoms with Crippen molar-refractivity contribution in [3.63, 3.8) is 0 Å². The SMILES string of the molecule is Cc1ccc(C)c(C(=O)NCCc2cccc(F)c2)c1. The van der Waals surface area contributed by atoms with Crippen molar-refractivity contribution in [1.29, 1.82) is 0 Å². The van der Waals surface area contributed by atoms with E-state index in [-0.39, 0.29) is 11.7 Å². The smallest absolute Gasteiger partial charge is 0.251 e. The van der Waals surface area contributed by atoms with Crippen LogP contribution in [0, 0.1) is 19.7 Å². The Labute approximate surface area is 118 Å². The summed E-state index contributed by atoms with van der Waals surface area (Å²) in [7, 11) is 0. The minimum Gasteiger partial charge on any atom is -0.352 e. The average Bonchev–Trinajstić information content (AvgIpc) is 2.41. The molecule has 104 valence electrons. The molecule has 0 heterocycles. The number of hydrogen-bond acceptors (Lipinski definition) is 1. The molecule has 0 aliphatic heterocycles. The average molecular weight is 271 g/mol. The van der Waals surface area contributed by atoms with E-state index < -0.39 is 0 Å². The first-order chi connectivity index (χ1) is 9.56. The number of benzene rings is 2. The molecule has 0 unspecified atom stereocenters. The van der Waals surface area contributed by atoms with Gasteiger partial charge in [0.05, 0.1) is 0 Å². The predicted octanol–water partition coefficient (Wildman–Crippen LogP) is 3.42. The fourth-order valence-corrected chi connectivity index (χ4v) is 2.09. The summed E-state index contributed by atoms with van der Waals surface area (Å²) in [5, 5.41) is 2.87. The Hall–Kier alpha value is -2.16. The van der Waals surface area contributed by atoms with Gasteiger partial charge in [-0.05, 0) is 49.6 Å². The fraction of sp³-hybridized carbons (Fsp3) is 0.235. The lowest BCUT2D eigenvalue weighted by molar-refractivity contribution is 0.0953. The zero-order valence-corrected chi connectivity index (χ0v) is 11.7. The zero-order chi connectivity index (χ0) is 14.5. The summed E-state index contributed by atoms with van der Waals surface area (Å²) in [6.07, 6.45) is 0.619. The third kappa shape index (κ3) is 3.67. The van der Waals surface area contributed by atoms with E-state index in [9.17, 15) is 9.18 Å². The van der Waals surface area contributed by atoms with Gasteiger partial charge in [-0.2, -0.15) is 0 Å².